The molecule has 2 aromatic heterocycles. The van der Waals surface area contributed by atoms with E-state index in [0.29, 0.717) is 25.3 Å². The lowest BCUT2D eigenvalue weighted by Crippen LogP contribution is -2.47. The number of thiophene rings is 1. The number of aromatic nitrogens is 1. The van der Waals surface area contributed by atoms with Gasteiger partial charge >= 0.3 is 5.97 Å². The van der Waals surface area contributed by atoms with E-state index in [-0.39, 0.29) is 48.2 Å². The molecule has 0 aliphatic carbocycles. The molecule has 172 valence electrons. The minimum Gasteiger partial charge on any atom is -0.492 e. The van der Waals surface area contributed by atoms with Gasteiger partial charge in [0.25, 0.3) is 5.56 Å². The first-order valence-corrected chi connectivity index (χ1v) is 11.3. The second kappa shape index (κ2) is 10.4. The maximum atomic E-state index is 12.8. The predicted molar refractivity (Wildman–Crippen MR) is 119 cm³/mol. The van der Waals surface area contributed by atoms with Gasteiger partial charge in [0.1, 0.15) is 17.4 Å². The zero-order valence-electron chi connectivity index (χ0n) is 18.4. The van der Waals surface area contributed by atoms with Crippen LogP contribution in [0.2, 0.25) is 0 Å². The lowest BCUT2D eigenvalue weighted by atomic mass is 10.1. The van der Waals surface area contributed by atoms with Crippen LogP contribution >= 0.6 is 11.3 Å². The number of esters is 1. The van der Waals surface area contributed by atoms with E-state index in [1.54, 1.807) is 23.2 Å². The number of pyridine rings is 1. The molecule has 1 N–H and O–H groups in total. The molecule has 0 spiro atoms. The van der Waals surface area contributed by atoms with Gasteiger partial charge in [-0.2, -0.15) is 11.3 Å². The number of methoxy groups -OCH3 is 1. The Balaban J connectivity index is 1.85. The van der Waals surface area contributed by atoms with Crippen molar-refractivity contribution in [1.29, 1.82) is 0 Å². The quantitative estimate of drug-likeness (QED) is 0.622. The summed E-state index contributed by atoms with van der Waals surface area (Å²) in [5.74, 6) is -0.939. The highest BCUT2D eigenvalue weighted by Crippen LogP contribution is 2.24. The number of fused-ring (bicyclic) bond motifs is 1. The van der Waals surface area contributed by atoms with Crippen molar-refractivity contribution in [3.8, 4) is 5.75 Å². The molecule has 9 nitrogen and oxygen atoms in total. The third-order valence-corrected chi connectivity index (χ3v) is 6.05. The van der Waals surface area contributed by atoms with Gasteiger partial charge in [0.15, 0.2) is 0 Å². The van der Waals surface area contributed by atoms with Crippen LogP contribution in [0.5, 0.6) is 5.75 Å². The maximum Gasteiger partial charge on any atom is 0.343 e. The summed E-state index contributed by atoms with van der Waals surface area (Å²) < 4.78 is 12.3. The standard InChI is InChI=1S/C22H27N3O6S/c1-14(23-15(2)26)21(28)24-7-4-17-20(22(29)30-3)18(12-19(27)25(17)9-8-24)31-10-5-16-6-11-32-13-16/h6,11-14H,4-5,7-10H2,1-3H3,(H,23,26)/t14-/m0/s1. The number of hydrogen-bond donors (Lipinski definition) is 1. The normalized spacial score (nSPS) is 14.2. The van der Waals surface area contributed by atoms with Crippen molar-refractivity contribution in [3.05, 3.63) is 50.1 Å². The molecule has 0 radical (unpaired) electrons. The second-order valence-corrected chi connectivity index (χ2v) is 8.32. The average Bonchev–Trinajstić information content (AvgIpc) is 3.17. The molecule has 3 heterocycles. The minimum atomic E-state index is -0.679. The van der Waals surface area contributed by atoms with E-state index in [9.17, 15) is 19.2 Å². The molecule has 3 rings (SSSR count). The molecule has 1 aliphatic rings. The van der Waals surface area contributed by atoms with Gasteiger partial charge in [-0.25, -0.2) is 4.79 Å². The van der Waals surface area contributed by atoms with Crippen molar-refractivity contribution in [1.82, 2.24) is 14.8 Å². The smallest absolute Gasteiger partial charge is 0.343 e. The second-order valence-electron chi connectivity index (χ2n) is 7.54. The Kier molecular flexibility index (Phi) is 7.68. The van der Waals surface area contributed by atoms with E-state index < -0.39 is 12.0 Å². The number of ether oxygens (including phenoxy) is 2. The van der Waals surface area contributed by atoms with E-state index >= 15 is 0 Å². The molecule has 1 atom stereocenters. The largest absolute Gasteiger partial charge is 0.492 e. The molecule has 32 heavy (non-hydrogen) atoms. The van der Waals surface area contributed by atoms with Gasteiger partial charge in [0, 0.05) is 51.2 Å². The molecule has 0 fully saturated rings. The van der Waals surface area contributed by atoms with Gasteiger partial charge in [-0.05, 0) is 29.3 Å². The maximum absolute atomic E-state index is 12.8. The SMILES string of the molecule is COC(=O)c1c(OCCc2ccsc2)cc(=O)n2c1CCN(C(=O)[C@H](C)NC(C)=O)CC2. The Labute approximate surface area is 189 Å². The van der Waals surface area contributed by atoms with Crippen LogP contribution in [-0.4, -0.2) is 60.1 Å². The van der Waals surface area contributed by atoms with Crippen LogP contribution in [-0.2, 0) is 33.7 Å². The first-order valence-electron chi connectivity index (χ1n) is 10.4. The fourth-order valence-electron chi connectivity index (χ4n) is 3.76. The molecule has 2 aromatic rings. The molecule has 0 saturated heterocycles. The van der Waals surface area contributed by atoms with Crippen molar-refractivity contribution in [3.63, 3.8) is 0 Å². The van der Waals surface area contributed by atoms with Crippen molar-refractivity contribution < 1.29 is 23.9 Å². The first-order chi connectivity index (χ1) is 15.3. The number of amides is 2. The van der Waals surface area contributed by atoms with E-state index in [1.807, 2.05) is 16.8 Å². The van der Waals surface area contributed by atoms with Gasteiger partial charge < -0.3 is 24.3 Å². The molecule has 10 heteroatoms. The number of hydrogen-bond acceptors (Lipinski definition) is 7. The Bertz CT molecular complexity index is 1050. The summed E-state index contributed by atoms with van der Waals surface area (Å²) in [7, 11) is 1.28. The Morgan fingerprint density at radius 1 is 1.25 bits per heavy atom. The van der Waals surface area contributed by atoms with Crippen LogP contribution in [0.1, 0.15) is 35.5 Å². The monoisotopic (exact) mass is 461 g/mol. The summed E-state index contributed by atoms with van der Waals surface area (Å²) in [4.78, 5) is 51.0. The van der Waals surface area contributed by atoms with Crippen LogP contribution in [0.3, 0.4) is 0 Å². The zero-order valence-corrected chi connectivity index (χ0v) is 19.2. The highest BCUT2D eigenvalue weighted by atomic mass is 32.1. The average molecular weight is 462 g/mol. The van der Waals surface area contributed by atoms with Crippen LogP contribution in [0.25, 0.3) is 0 Å². The number of carbonyl (C=O) groups is 3. The van der Waals surface area contributed by atoms with Gasteiger partial charge in [0.05, 0.1) is 13.7 Å². The van der Waals surface area contributed by atoms with E-state index in [0.717, 1.165) is 5.56 Å². The van der Waals surface area contributed by atoms with Crippen LogP contribution < -0.4 is 15.6 Å². The molecular formula is C22H27N3O6S. The Hall–Kier alpha value is -3.14. The number of rotatable bonds is 7. The van der Waals surface area contributed by atoms with Crippen molar-refractivity contribution >= 4 is 29.1 Å². The van der Waals surface area contributed by atoms with Crippen molar-refractivity contribution in [2.75, 3.05) is 26.8 Å². The topological polar surface area (TPSA) is 107 Å². The lowest BCUT2D eigenvalue weighted by Gasteiger charge is -2.24. The first kappa shape index (κ1) is 23.5. The van der Waals surface area contributed by atoms with E-state index in [4.69, 9.17) is 9.47 Å². The molecule has 2 amide bonds. The summed E-state index contributed by atoms with van der Waals surface area (Å²) in [6, 6.07) is 2.62. The predicted octanol–water partition coefficient (Wildman–Crippen LogP) is 1.23. The van der Waals surface area contributed by atoms with Gasteiger partial charge in [-0.3, -0.25) is 14.4 Å². The van der Waals surface area contributed by atoms with Crippen molar-refractivity contribution in [2.45, 2.75) is 39.3 Å². The third-order valence-electron chi connectivity index (χ3n) is 5.31. The summed E-state index contributed by atoms with van der Waals surface area (Å²) in [6.07, 6.45) is 0.922. The van der Waals surface area contributed by atoms with Crippen LogP contribution in [0, 0.1) is 0 Å². The van der Waals surface area contributed by atoms with E-state index in [1.165, 1.54) is 24.7 Å². The van der Waals surface area contributed by atoms with Gasteiger partial charge in [-0.1, -0.05) is 0 Å². The Morgan fingerprint density at radius 2 is 2.03 bits per heavy atom. The zero-order chi connectivity index (χ0) is 23.3. The number of nitrogens with zero attached hydrogens (tertiary/aromatic N) is 2. The minimum absolute atomic E-state index is 0.190. The van der Waals surface area contributed by atoms with Gasteiger partial charge in [0.2, 0.25) is 11.8 Å². The fourth-order valence-corrected chi connectivity index (χ4v) is 4.46. The summed E-state index contributed by atoms with van der Waals surface area (Å²) in [6.45, 7) is 4.09. The lowest BCUT2D eigenvalue weighted by molar-refractivity contribution is -0.135. The fraction of sp³-hybridized carbons (Fsp3) is 0.455. The summed E-state index contributed by atoms with van der Waals surface area (Å²) in [5, 5.41) is 6.58. The summed E-state index contributed by atoms with van der Waals surface area (Å²) >= 11 is 1.59. The van der Waals surface area contributed by atoms with Gasteiger partial charge in [-0.15, -0.1) is 0 Å². The summed E-state index contributed by atoms with van der Waals surface area (Å²) in [5.41, 5.74) is 1.50. The molecule has 1 aliphatic heterocycles. The molecule has 0 bridgehead atoms. The van der Waals surface area contributed by atoms with Crippen LogP contribution in [0.4, 0.5) is 0 Å². The van der Waals surface area contributed by atoms with E-state index in [2.05, 4.69) is 5.32 Å². The number of carbonyl (C=O) groups excluding carboxylic acids is 3. The number of nitrogens with one attached hydrogen (secondary N) is 1. The molecule has 0 unspecified atom stereocenters. The molecule has 0 saturated carbocycles. The third kappa shape index (κ3) is 5.37. The van der Waals surface area contributed by atoms with Crippen molar-refractivity contribution in [2.24, 2.45) is 0 Å². The molecule has 0 aromatic carbocycles. The Morgan fingerprint density at radius 3 is 2.69 bits per heavy atom. The van der Waals surface area contributed by atoms with Crippen LogP contribution in [0.15, 0.2) is 27.7 Å². The highest BCUT2D eigenvalue weighted by Gasteiger charge is 2.29. The highest BCUT2D eigenvalue weighted by molar-refractivity contribution is 7.07. The molecular weight excluding hydrogens is 434 g/mol.